The molecule has 3 nitrogen and oxygen atoms in total. The van der Waals surface area contributed by atoms with E-state index in [2.05, 4.69) is 29.3 Å². The number of hydrogen-bond acceptors (Lipinski definition) is 4. The van der Waals surface area contributed by atoms with Gasteiger partial charge in [-0.1, -0.05) is 18.3 Å². The molecule has 1 heterocycles. The van der Waals surface area contributed by atoms with Crippen molar-refractivity contribution in [3.8, 4) is 16.3 Å². The molecule has 0 atom stereocenters. The number of aryl methyl sites for hydroxylation is 2. The summed E-state index contributed by atoms with van der Waals surface area (Å²) in [6.07, 6.45) is 1.15. The summed E-state index contributed by atoms with van der Waals surface area (Å²) in [7, 11) is 0. The fraction of sp³-hybridized carbons (Fsp3) is 0.429. The second kappa shape index (κ2) is 5.48. The quantitative estimate of drug-likeness (QED) is 0.839. The molecule has 0 radical (unpaired) electrons. The topological polar surface area (TPSA) is 35.0 Å². The van der Waals surface area contributed by atoms with Gasteiger partial charge in [-0.25, -0.2) is 0 Å². The van der Waals surface area contributed by atoms with Gasteiger partial charge in [-0.3, -0.25) is 0 Å². The highest BCUT2D eigenvalue weighted by molar-refractivity contribution is 7.14. The lowest BCUT2D eigenvalue weighted by Gasteiger charge is -2.14. The largest absolute Gasteiger partial charge is 0.491 e. The van der Waals surface area contributed by atoms with E-state index in [0.29, 0.717) is 0 Å². The van der Waals surface area contributed by atoms with Crippen molar-refractivity contribution in [3.63, 3.8) is 0 Å². The zero-order valence-electron chi connectivity index (χ0n) is 11.2. The van der Waals surface area contributed by atoms with Crippen LogP contribution in [0.4, 0.5) is 0 Å². The first-order valence-corrected chi connectivity index (χ1v) is 7.02. The fourth-order valence-corrected chi connectivity index (χ4v) is 2.46. The molecule has 0 aliphatic heterocycles. The zero-order valence-corrected chi connectivity index (χ0v) is 12.0. The molecule has 0 fully saturated rings. The van der Waals surface area contributed by atoms with E-state index in [4.69, 9.17) is 4.74 Å². The summed E-state index contributed by atoms with van der Waals surface area (Å²) in [4.78, 5) is 0. The van der Waals surface area contributed by atoms with Gasteiger partial charge in [0.1, 0.15) is 15.8 Å². The van der Waals surface area contributed by atoms with Crippen LogP contribution in [0.2, 0.25) is 0 Å². The Morgan fingerprint density at radius 2 is 2.06 bits per heavy atom. The van der Waals surface area contributed by atoms with Crippen LogP contribution in [0.3, 0.4) is 0 Å². The fourth-order valence-electron chi connectivity index (χ4n) is 1.77. The molecule has 0 amide bonds. The first-order valence-electron chi connectivity index (χ1n) is 6.20. The molecule has 18 heavy (non-hydrogen) atoms. The van der Waals surface area contributed by atoms with Crippen molar-refractivity contribution in [3.05, 3.63) is 28.8 Å². The molecule has 2 aromatic rings. The summed E-state index contributed by atoms with van der Waals surface area (Å²) < 4.78 is 5.80. The summed E-state index contributed by atoms with van der Waals surface area (Å²) in [5, 5.41) is 10.2. The highest BCUT2D eigenvalue weighted by Crippen LogP contribution is 2.29. The molecule has 4 heteroatoms. The van der Waals surface area contributed by atoms with E-state index in [1.807, 2.05) is 26.8 Å². The highest BCUT2D eigenvalue weighted by atomic mass is 32.1. The second-order valence-electron chi connectivity index (χ2n) is 4.47. The van der Waals surface area contributed by atoms with E-state index in [0.717, 1.165) is 27.7 Å². The predicted molar refractivity (Wildman–Crippen MR) is 75.2 cm³/mol. The van der Waals surface area contributed by atoms with E-state index < -0.39 is 0 Å². The van der Waals surface area contributed by atoms with Crippen molar-refractivity contribution in [1.29, 1.82) is 0 Å². The van der Waals surface area contributed by atoms with Crippen molar-refractivity contribution in [2.75, 3.05) is 0 Å². The minimum Gasteiger partial charge on any atom is -0.491 e. The van der Waals surface area contributed by atoms with E-state index in [1.165, 1.54) is 5.56 Å². The monoisotopic (exact) mass is 262 g/mol. The predicted octanol–water partition coefficient (Wildman–Crippen LogP) is 3.86. The van der Waals surface area contributed by atoms with Crippen molar-refractivity contribution in [2.45, 2.75) is 40.2 Å². The van der Waals surface area contributed by atoms with Gasteiger partial charge in [0.05, 0.1) is 6.10 Å². The molecular formula is C14H18N2OS. The normalized spacial score (nSPS) is 10.9. The Labute approximate surface area is 112 Å². The standard InChI is InChI=1S/C14H18N2OS/c1-5-11-8-12(14-16-15-10(4)18-14)6-7-13(11)17-9(2)3/h6-9H,5H2,1-4H3. The lowest BCUT2D eigenvalue weighted by Crippen LogP contribution is -2.07. The number of rotatable bonds is 4. The molecule has 0 spiro atoms. The minimum atomic E-state index is 0.199. The first-order chi connectivity index (χ1) is 8.60. The molecule has 0 unspecified atom stereocenters. The van der Waals surface area contributed by atoms with Gasteiger partial charge in [0.25, 0.3) is 0 Å². The van der Waals surface area contributed by atoms with Crippen LogP contribution >= 0.6 is 11.3 Å². The Morgan fingerprint density at radius 3 is 2.61 bits per heavy atom. The van der Waals surface area contributed by atoms with Gasteiger partial charge in [-0.05, 0) is 51.0 Å². The van der Waals surface area contributed by atoms with E-state index in [1.54, 1.807) is 11.3 Å². The second-order valence-corrected chi connectivity index (χ2v) is 5.65. The minimum absolute atomic E-state index is 0.199. The lowest BCUT2D eigenvalue weighted by atomic mass is 10.1. The maximum absolute atomic E-state index is 5.80. The average molecular weight is 262 g/mol. The summed E-state index contributed by atoms with van der Waals surface area (Å²) >= 11 is 1.62. The summed E-state index contributed by atoms with van der Waals surface area (Å²) in [5.41, 5.74) is 2.34. The molecule has 0 bridgehead atoms. The molecule has 0 saturated heterocycles. The average Bonchev–Trinajstić information content (AvgIpc) is 2.75. The number of benzene rings is 1. The molecular weight excluding hydrogens is 244 g/mol. The lowest BCUT2D eigenvalue weighted by molar-refractivity contribution is 0.240. The zero-order chi connectivity index (χ0) is 13.1. The molecule has 0 aliphatic rings. The summed E-state index contributed by atoms with van der Waals surface area (Å²) in [5.74, 6) is 0.970. The van der Waals surface area contributed by atoms with E-state index in [9.17, 15) is 0 Å². The van der Waals surface area contributed by atoms with Gasteiger partial charge in [-0.15, -0.1) is 10.2 Å². The van der Waals surface area contributed by atoms with Crippen LogP contribution in [0.1, 0.15) is 31.3 Å². The molecule has 0 aliphatic carbocycles. The third-order valence-corrected chi connectivity index (χ3v) is 3.46. The van der Waals surface area contributed by atoms with Gasteiger partial charge in [0.2, 0.25) is 0 Å². The van der Waals surface area contributed by atoms with Gasteiger partial charge >= 0.3 is 0 Å². The third kappa shape index (κ3) is 2.88. The highest BCUT2D eigenvalue weighted by Gasteiger charge is 2.09. The van der Waals surface area contributed by atoms with Crippen LogP contribution in [0.5, 0.6) is 5.75 Å². The summed E-state index contributed by atoms with van der Waals surface area (Å²) in [6.45, 7) is 8.19. The van der Waals surface area contributed by atoms with Gasteiger partial charge in [0.15, 0.2) is 0 Å². The molecule has 2 rings (SSSR count). The SMILES string of the molecule is CCc1cc(-c2nnc(C)s2)ccc1OC(C)C. The van der Waals surface area contributed by atoms with Crippen LogP contribution in [-0.4, -0.2) is 16.3 Å². The van der Waals surface area contributed by atoms with Crippen molar-refractivity contribution < 1.29 is 4.74 Å². The van der Waals surface area contributed by atoms with Crippen molar-refractivity contribution in [1.82, 2.24) is 10.2 Å². The van der Waals surface area contributed by atoms with Crippen LogP contribution < -0.4 is 4.74 Å². The Hall–Kier alpha value is -1.42. The Balaban J connectivity index is 2.35. The van der Waals surface area contributed by atoms with Crippen LogP contribution in [0, 0.1) is 6.92 Å². The van der Waals surface area contributed by atoms with Crippen molar-refractivity contribution >= 4 is 11.3 Å². The van der Waals surface area contributed by atoms with E-state index >= 15 is 0 Å². The van der Waals surface area contributed by atoms with Crippen molar-refractivity contribution in [2.24, 2.45) is 0 Å². The first kappa shape index (κ1) is 13.0. The Morgan fingerprint density at radius 1 is 1.28 bits per heavy atom. The Bertz CT molecular complexity index is 534. The van der Waals surface area contributed by atoms with E-state index in [-0.39, 0.29) is 6.10 Å². The molecule has 0 N–H and O–H groups in total. The van der Waals surface area contributed by atoms with Crippen LogP contribution in [0.15, 0.2) is 18.2 Å². The number of aromatic nitrogens is 2. The summed E-state index contributed by atoms with van der Waals surface area (Å²) in [6, 6.07) is 6.24. The molecule has 96 valence electrons. The van der Waals surface area contributed by atoms with Gasteiger partial charge < -0.3 is 4.74 Å². The van der Waals surface area contributed by atoms with Crippen LogP contribution in [-0.2, 0) is 6.42 Å². The van der Waals surface area contributed by atoms with Gasteiger partial charge in [-0.2, -0.15) is 0 Å². The third-order valence-electron chi connectivity index (χ3n) is 2.58. The Kier molecular flexibility index (Phi) is 3.97. The number of ether oxygens (including phenoxy) is 1. The number of nitrogens with zero attached hydrogens (tertiary/aromatic N) is 2. The maximum Gasteiger partial charge on any atom is 0.147 e. The smallest absolute Gasteiger partial charge is 0.147 e. The molecule has 0 saturated carbocycles. The number of hydrogen-bond donors (Lipinski definition) is 0. The molecule has 1 aromatic heterocycles. The van der Waals surface area contributed by atoms with Gasteiger partial charge in [0, 0.05) is 5.56 Å². The molecule has 1 aromatic carbocycles. The maximum atomic E-state index is 5.80. The van der Waals surface area contributed by atoms with Crippen LogP contribution in [0.25, 0.3) is 10.6 Å².